The van der Waals surface area contributed by atoms with Crippen LogP contribution in [0.2, 0.25) is 0 Å². The molecular weight excluding hydrogens is 196 g/mol. The zero-order valence-electron chi connectivity index (χ0n) is 8.56. The molecule has 4 atom stereocenters. The van der Waals surface area contributed by atoms with Crippen LogP contribution >= 0.6 is 0 Å². The molecule has 3 rings (SSSR count). The van der Waals surface area contributed by atoms with E-state index in [1.165, 1.54) is 0 Å². The minimum absolute atomic E-state index is 0.214. The van der Waals surface area contributed by atoms with E-state index in [1.54, 1.807) is 0 Å². The number of fused-ring (bicyclic) bond motifs is 2. The van der Waals surface area contributed by atoms with Crippen LogP contribution in [0.25, 0.3) is 0 Å². The molecule has 3 fully saturated rings. The molecule has 2 heterocycles. The quantitative estimate of drug-likeness (QED) is 0.725. The van der Waals surface area contributed by atoms with Gasteiger partial charge in [0.2, 0.25) is 0 Å². The van der Waals surface area contributed by atoms with Gasteiger partial charge in [-0.05, 0) is 38.0 Å². The number of aliphatic hydroxyl groups is 1. The number of aliphatic carboxylic acids is 1. The molecule has 2 saturated heterocycles. The number of hydrogen-bond acceptors (Lipinski definition) is 3. The minimum atomic E-state index is -1.19. The van der Waals surface area contributed by atoms with E-state index < -0.39 is 12.1 Å². The van der Waals surface area contributed by atoms with E-state index in [9.17, 15) is 9.90 Å². The molecule has 0 aromatic rings. The number of carboxylic acids is 1. The minimum Gasteiger partial charge on any atom is -0.479 e. The van der Waals surface area contributed by atoms with Gasteiger partial charge in [-0.25, -0.2) is 4.79 Å². The van der Waals surface area contributed by atoms with Crippen molar-refractivity contribution in [2.45, 2.75) is 50.4 Å². The summed E-state index contributed by atoms with van der Waals surface area (Å²) in [6.07, 6.45) is 4.16. The fourth-order valence-corrected chi connectivity index (χ4v) is 3.48. The summed E-state index contributed by atoms with van der Waals surface area (Å²) in [5.41, 5.74) is -0.355. The lowest BCUT2D eigenvalue weighted by Gasteiger charge is -2.30. The molecule has 0 amide bonds. The molecule has 2 bridgehead atoms. The fraction of sp³-hybridized carbons (Fsp3) is 0.909. The smallest absolute Gasteiger partial charge is 0.333 e. The summed E-state index contributed by atoms with van der Waals surface area (Å²) >= 11 is 0. The third-order valence-electron chi connectivity index (χ3n) is 4.45. The van der Waals surface area contributed by atoms with E-state index in [1.807, 2.05) is 0 Å². The Kier molecular flexibility index (Phi) is 1.89. The van der Waals surface area contributed by atoms with Gasteiger partial charge in [-0.3, -0.25) is 0 Å². The van der Waals surface area contributed by atoms with Crippen LogP contribution in [0.1, 0.15) is 32.1 Å². The van der Waals surface area contributed by atoms with Crippen molar-refractivity contribution in [1.82, 2.24) is 0 Å². The number of hydrogen-bond donors (Lipinski definition) is 2. The Labute approximate surface area is 88.2 Å². The van der Waals surface area contributed by atoms with Crippen molar-refractivity contribution >= 4 is 5.97 Å². The van der Waals surface area contributed by atoms with Crippen LogP contribution in [0.15, 0.2) is 0 Å². The van der Waals surface area contributed by atoms with Crippen LogP contribution in [0.5, 0.6) is 0 Å². The van der Waals surface area contributed by atoms with Gasteiger partial charge in [0.1, 0.15) is 0 Å². The Morgan fingerprint density at radius 3 is 2.53 bits per heavy atom. The molecule has 3 aliphatic rings. The van der Waals surface area contributed by atoms with Crippen molar-refractivity contribution in [2.75, 3.05) is 0 Å². The summed E-state index contributed by atoms with van der Waals surface area (Å²) in [4.78, 5) is 10.9. The Hall–Kier alpha value is -0.610. The summed E-state index contributed by atoms with van der Waals surface area (Å²) < 4.78 is 5.74. The molecule has 0 spiro atoms. The van der Waals surface area contributed by atoms with Crippen molar-refractivity contribution in [3.63, 3.8) is 0 Å². The van der Waals surface area contributed by atoms with Gasteiger partial charge in [0, 0.05) is 5.41 Å². The molecule has 4 unspecified atom stereocenters. The first kappa shape index (κ1) is 9.60. The molecule has 15 heavy (non-hydrogen) atoms. The number of aliphatic hydroxyl groups excluding tert-OH is 1. The highest BCUT2D eigenvalue weighted by Crippen LogP contribution is 2.61. The lowest BCUT2D eigenvalue weighted by Crippen LogP contribution is -2.40. The second kappa shape index (κ2) is 2.95. The maximum Gasteiger partial charge on any atom is 0.333 e. The summed E-state index contributed by atoms with van der Waals surface area (Å²) in [5.74, 6) is -0.794. The highest BCUT2D eigenvalue weighted by atomic mass is 16.5. The van der Waals surface area contributed by atoms with Crippen molar-refractivity contribution in [3.8, 4) is 0 Å². The molecule has 0 aromatic carbocycles. The predicted molar refractivity (Wildman–Crippen MR) is 51.3 cm³/mol. The van der Waals surface area contributed by atoms with Crippen molar-refractivity contribution < 1.29 is 19.7 Å². The highest BCUT2D eigenvalue weighted by molar-refractivity contribution is 5.74. The summed E-state index contributed by atoms with van der Waals surface area (Å²) in [5, 5.41) is 18.6. The maximum absolute atomic E-state index is 10.9. The molecule has 0 radical (unpaired) electrons. The van der Waals surface area contributed by atoms with Gasteiger partial charge < -0.3 is 14.9 Å². The maximum atomic E-state index is 10.9. The lowest BCUT2D eigenvalue weighted by atomic mass is 9.75. The van der Waals surface area contributed by atoms with Gasteiger partial charge in [-0.15, -0.1) is 0 Å². The number of rotatable bonds is 3. The van der Waals surface area contributed by atoms with Crippen LogP contribution in [-0.2, 0) is 9.53 Å². The molecule has 2 aliphatic heterocycles. The van der Waals surface area contributed by atoms with E-state index in [0.29, 0.717) is 6.10 Å². The molecular formula is C11H16O4. The first-order valence-electron chi connectivity index (χ1n) is 5.70. The standard InChI is InChI=1S/C11H16O4/c12-9(10(13)14)11(3-4-11)7-5-6-1-2-8(7)15-6/h6-9,12H,1-5H2,(H,13,14). The van der Waals surface area contributed by atoms with E-state index in [-0.39, 0.29) is 17.4 Å². The second-order valence-electron chi connectivity index (χ2n) is 5.19. The zero-order valence-corrected chi connectivity index (χ0v) is 8.56. The van der Waals surface area contributed by atoms with Crippen LogP contribution < -0.4 is 0 Å². The Balaban J connectivity index is 1.79. The molecule has 84 valence electrons. The largest absolute Gasteiger partial charge is 0.479 e. The Morgan fingerprint density at radius 1 is 1.40 bits per heavy atom. The SMILES string of the molecule is O=C(O)C(O)C1(C2CC3CCC2O3)CC1. The molecule has 1 aliphatic carbocycles. The highest BCUT2D eigenvalue weighted by Gasteiger charge is 2.62. The summed E-state index contributed by atoms with van der Waals surface area (Å²) in [7, 11) is 0. The van der Waals surface area contributed by atoms with Crippen LogP contribution in [0.4, 0.5) is 0 Å². The van der Waals surface area contributed by atoms with Crippen LogP contribution in [-0.4, -0.2) is 34.5 Å². The average Bonchev–Trinajstić information content (AvgIpc) is 2.74. The van der Waals surface area contributed by atoms with E-state index in [4.69, 9.17) is 9.84 Å². The topological polar surface area (TPSA) is 66.8 Å². The Morgan fingerprint density at radius 2 is 2.13 bits per heavy atom. The zero-order chi connectivity index (χ0) is 10.6. The first-order chi connectivity index (χ1) is 7.13. The van der Waals surface area contributed by atoms with Gasteiger partial charge in [-0.2, -0.15) is 0 Å². The number of ether oxygens (including phenoxy) is 1. The van der Waals surface area contributed by atoms with Crippen molar-refractivity contribution in [3.05, 3.63) is 0 Å². The van der Waals surface area contributed by atoms with E-state index in [2.05, 4.69) is 0 Å². The van der Waals surface area contributed by atoms with Crippen molar-refractivity contribution in [1.29, 1.82) is 0 Å². The number of carbonyl (C=O) groups is 1. The predicted octanol–water partition coefficient (Wildman–Crippen LogP) is 0.780. The summed E-state index contributed by atoms with van der Waals surface area (Å²) in [6, 6.07) is 0. The molecule has 0 aromatic heterocycles. The van der Waals surface area contributed by atoms with E-state index >= 15 is 0 Å². The van der Waals surface area contributed by atoms with Gasteiger partial charge >= 0.3 is 5.97 Å². The normalized spacial score (nSPS) is 42.9. The Bertz CT molecular complexity index is 297. The lowest BCUT2D eigenvalue weighted by molar-refractivity contribution is -0.152. The van der Waals surface area contributed by atoms with E-state index in [0.717, 1.165) is 32.1 Å². The molecule has 4 nitrogen and oxygen atoms in total. The summed E-state index contributed by atoms with van der Waals surface area (Å²) in [6.45, 7) is 0. The molecule has 2 N–H and O–H groups in total. The fourth-order valence-electron chi connectivity index (χ4n) is 3.48. The van der Waals surface area contributed by atoms with Crippen LogP contribution in [0.3, 0.4) is 0 Å². The average molecular weight is 212 g/mol. The monoisotopic (exact) mass is 212 g/mol. The van der Waals surface area contributed by atoms with Gasteiger partial charge in [0.15, 0.2) is 6.10 Å². The van der Waals surface area contributed by atoms with Gasteiger partial charge in [0.25, 0.3) is 0 Å². The van der Waals surface area contributed by atoms with Gasteiger partial charge in [0.05, 0.1) is 12.2 Å². The second-order valence-corrected chi connectivity index (χ2v) is 5.19. The van der Waals surface area contributed by atoms with Gasteiger partial charge in [-0.1, -0.05) is 0 Å². The third-order valence-corrected chi connectivity index (χ3v) is 4.45. The molecule has 1 saturated carbocycles. The van der Waals surface area contributed by atoms with Crippen LogP contribution in [0, 0.1) is 11.3 Å². The van der Waals surface area contributed by atoms with Crippen molar-refractivity contribution in [2.24, 2.45) is 11.3 Å². The first-order valence-corrected chi connectivity index (χ1v) is 5.70. The third kappa shape index (κ3) is 1.24. The molecule has 4 heteroatoms. The number of carboxylic acid groups (broad SMARTS) is 1.